The van der Waals surface area contributed by atoms with Crippen molar-refractivity contribution in [2.45, 2.75) is 32.2 Å². The van der Waals surface area contributed by atoms with E-state index in [1.165, 1.54) is 37.7 Å². The quantitative estimate of drug-likeness (QED) is 0.481. The zero-order chi connectivity index (χ0) is 21.1. The number of methoxy groups -OCH3 is 1. The van der Waals surface area contributed by atoms with E-state index in [-0.39, 0.29) is 11.4 Å². The van der Waals surface area contributed by atoms with Crippen molar-refractivity contribution in [2.24, 2.45) is 0 Å². The maximum Gasteiger partial charge on any atom is 0.163 e. The van der Waals surface area contributed by atoms with Crippen LogP contribution < -0.4 is 20.1 Å². The summed E-state index contributed by atoms with van der Waals surface area (Å²) >= 11 is 0. The number of aromatic nitrogens is 2. The van der Waals surface area contributed by atoms with Crippen LogP contribution in [-0.4, -0.2) is 41.4 Å². The van der Waals surface area contributed by atoms with Crippen LogP contribution in [0.25, 0.3) is 10.9 Å². The summed E-state index contributed by atoms with van der Waals surface area (Å²) in [5.41, 5.74) is 1.19. The number of rotatable bonds is 8. The van der Waals surface area contributed by atoms with Gasteiger partial charge >= 0.3 is 0 Å². The van der Waals surface area contributed by atoms with Crippen LogP contribution >= 0.6 is 0 Å². The lowest BCUT2D eigenvalue weighted by molar-refractivity contribution is 0.266. The summed E-state index contributed by atoms with van der Waals surface area (Å²) < 4.78 is 25.7. The van der Waals surface area contributed by atoms with Gasteiger partial charge in [0, 0.05) is 29.6 Å². The van der Waals surface area contributed by atoms with Crippen LogP contribution in [0.2, 0.25) is 0 Å². The average molecular weight is 412 g/mol. The van der Waals surface area contributed by atoms with Crippen molar-refractivity contribution in [3.8, 4) is 17.2 Å². The number of halogens is 1. The number of benzene rings is 2. The zero-order valence-electron chi connectivity index (χ0n) is 17.0. The molecule has 1 fully saturated rings. The molecule has 0 amide bonds. The van der Waals surface area contributed by atoms with Crippen molar-refractivity contribution in [3.05, 3.63) is 42.0 Å². The summed E-state index contributed by atoms with van der Waals surface area (Å²) in [5, 5.41) is 17.0. The zero-order valence-corrected chi connectivity index (χ0v) is 17.0. The maximum absolute atomic E-state index is 14.3. The lowest BCUT2D eigenvalue weighted by Crippen LogP contribution is -2.37. The molecule has 8 heteroatoms. The van der Waals surface area contributed by atoms with Crippen molar-refractivity contribution in [1.29, 1.82) is 0 Å². The normalized spacial score (nSPS) is 13.8. The average Bonchev–Trinajstić information content (AvgIpc) is 2.72. The molecule has 2 aromatic carbocycles. The first-order valence-electron chi connectivity index (χ1n) is 10.0. The molecule has 0 bridgehead atoms. The molecule has 0 aliphatic heterocycles. The summed E-state index contributed by atoms with van der Waals surface area (Å²) in [6.45, 7) is 2.91. The Morgan fingerprint density at radius 3 is 2.77 bits per heavy atom. The fourth-order valence-corrected chi connectivity index (χ4v) is 3.41. The molecule has 30 heavy (non-hydrogen) atoms. The molecule has 4 rings (SSSR count). The third-order valence-corrected chi connectivity index (χ3v) is 5.45. The number of aromatic hydroxyl groups is 1. The standard InChI is InChI=1S/C22H25FN4O3/c1-13-18(28)7-6-16(23)21(13)27-22-15-10-19(29-2)20(11-17(15)25-12-26-22)30-9-8-24-14-4-3-5-14/h6-7,10-12,14,24,28H,3-5,8-9H2,1-2H3,(H,25,26,27). The summed E-state index contributed by atoms with van der Waals surface area (Å²) in [6, 6.07) is 6.69. The Hall–Kier alpha value is -3.13. The topological polar surface area (TPSA) is 88.5 Å². The van der Waals surface area contributed by atoms with E-state index >= 15 is 0 Å². The number of fused-ring (bicyclic) bond motifs is 1. The van der Waals surface area contributed by atoms with Crippen LogP contribution in [0.1, 0.15) is 24.8 Å². The number of hydrogen-bond acceptors (Lipinski definition) is 7. The minimum absolute atomic E-state index is 0.000962. The molecule has 0 saturated heterocycles. The van der Waals surface area contributed by atoms with Gasteiger partial charge in [-0.1, -0.05) is 6.42 Å². The van der Waals surface area contributed by atoms with E-state index in [9.17, 15) is 9.50 Å². The number of hydrogen-bond donors (Lipinski definition) is 3. The van der Waals surface area contributed by atoms with Gasteiger partial charge in [0.25, 0.3) is 0 Å². The minimum atomic E-state index is -0.483. The molecule has 1 saturated carbocycles. The highest BCUT2D eigenvalue weighted by molar-refractivity contribution is 5.93. The van der Waals surface area contributed by atoms with Crippen molar-refractivity contribution in [2.75, 3.05) is 25.6 Å². The lowest BCUT2D eigenvalue weighted by Gasteiger charge is -2.26. The van der Waals surface area contributed by atoms with Gasteiger partial charge in [-0.15, -0.1) is 0 Å². The highest BCUT2D eigenvalue weighted by Crippen LogP contribution is 2.36. The Balaban J connectivity index is 1.59. The second-order valence-corrected chi connectivity index (χ2v) is 7.36. The van der Waals surface area contributed by atoms with E-state index in [0.717, 1.165) is 6.54 Å². The Morgan fingerprint density at radius 2 is 2.03 bits per heavy atom. The van der Waals surface area contributed by atoms with Gasteiger partial charge < -0.3 is 25.2 Å². The van der Waals surface area contributed by atoms with Gasteiger partial charge in [0.2, 0.25) is 0 Å². The van der Waals surface area contributed by atoms with E-state index in [1.54, 1.807) is 26.2 Å². The fourth-order valence-electron chi connectivity index (χ4n) is 3.41. The predicted molar refractivity (Wildman–Crippen MR) is 113 cm³/mol. The Morgan fingerprint density at radius 1 is 1.20 bits per heavy atom. The molecule has 3 N–H and O–H groups in total. The molecule has 0 atom stereocenters. The van der Waals surface area contributed by atoms with Crippen molar-refractivity contribution < 1.29 is 19.0 Å². The maximum atomic E-state index is 14.3. The molecule has 1 heterocycles. The Labute approximate surface area is 174 Å². The van der Waals surface area contributed by atoms with Gasteiger partial charge in [0.05, 0.1) is 18.3 Å². The smallest absolute Gasteiger partial charge is 0.163 e. The number of nitrogens with one attached hydrogen (secondary N) is 2. The highest BCUT2D eigenvalue weighted by Gasteiger charge is 2.17. The van der Waals surface area contributed by atoms with E-state index in [2.05, 4.69) is 20.6 Å². The number of phenolic OH excluding ortho intramolecular Hbond substituents is 1. The summed E-state index contributed by atoms with van der Waals surface area (Å²) in [5.74, 6) is 1.05. The molecule has 7 nitrogen and oxygen atoms in total. The largest absolute Gasteiger partial charge is 0.508 e. The van der Waals surface area contributed by atoms with Crippen LogP contribution in [-0.2, 0) is 0 Å². The SMILES string of the molecule is COc1cc2c(Nc3c(F)ccc(O)c3C)ncnc2cc1OCCNC1CCC1. The van der Waals surface area contributed by atoms with E-state index < -0.39 is 5.82 Å². The molecule has 158 valence electrons. The van der Waals surface area contributed by atoms with Gasteiger partial charge in [0.15, 0.2) is 11.5 Å². The molecular weight excluding hydrogens is 387 g/mol. The van der Waals surface area contributed by atoms with Crippen molar-refractivity contribution in [3.63, 3.8) is 0 Å². The third-order valence-electron chi connectivity index (χ3n) is 5.45. The van der Waals surface area contributed by atoms with E-state index in [1.807, 2.05) is 0 Å². The first-order chi connectivity index (χ1) is 14.6. The second kappa shape index (κ2) is 8.71. The molecule has 1 aliphatic rings. The van der Waals surface area contributed by atoms with Crippen LogP contribution in [0, 0.1) is 12.7 Å². The predicted octanol–water partition coefficient (Wildman–Crippen LogP) is 4.06. The van der Waals surface area contributed by atoms with Crippen molar-refractivity contribution in [1.82, 2.24) is 15.3 Å². The van der Waals surface area contributed by atoms with Gasteiger partial charge in [-0.25, -0.2) is 14.4 Å². The van der Waals surface area contributed by atoms with Crippen LogP contribution in [0.4, 0.5) is 15.9 Å². The number of ether oxygens (including phenoxy) is 2. The molecule has 0 radical (unpaired) electrons. The molecule has 1 aromatic heterocycles. The number of anilines is 2. The molecule has 3 aromatic rings. The fraction of sp³-hybridized carbons (Fsp3) is 0.364. The molecule has 1 aliphatic carbocycles. The van der Waals surface area contributed by atoms with Crippen molar-refractivity contribution >= 4 is 22.4 Å². The highest BCUT2D eigenvalue weighted by atomic mass is 19.1. The Bertz CT molecular complexity index is 1060. The number of nitrogens with zero attached hydrogens (tertiary/aromatic N) is 2. The monoisotopic (exact) mass is 412 g/mol. The van der Waals surface area contributed by atoms with Gasteiger partial charge in [-0.05, 0) is 38.0 Å². The lowest BCUT2D eigenvalue weighted by atomic mass is 9.93. The van der Waals surface area contributed by atoms with Gasteiger partial charge in [-0.2, -0.15) is 0 Å². The van der Waals surface area contributed by atoms with Gasteiger partial charge in [-0.3, -0.25) is 0 Å². The van der Waals surface area contributed by atoms with E-state index in [0.29, 0.717) is 46.4 Å². The summed E-state index contributed by atoms with van der Waals surface area (Å²) in [6.07, 6.45) is 5.14. The first kappa shape index (κ1) is 20.2. The van der Waals surface area contributed by atoms with Crippen LogP contribution in [0.5, 0.6) is 17.2 Å². The molecule has 0 unspecified atom stereocenters. The number of phenols is 1. The van der Waals surface area contributed by atoms with Crippen LogP contribution in [0.15, 0.2) is 30.6 Å². The molecular formula is C22H25FN4O3. The third kappa shape index (κ3) is 4.09. The molecule has 0 spiro atoms. The summed E-state index contributed by atoms with van der Waals surface area (Å²) in [7, 11) is 1.57. The van der Waals surface area contributed by atoms with Gasteiger partial charge in [0.1, 0.15) is 30.3 Å². The van der Waals surface area contributed by atoms with Crippen LogP contribution in [0.3, 0.4) is 0 Å². The second-order valence-electron chi connectivity index (χ2n) is 7.36. The van der Waals surface area contributed by atoms with E-state index in [4.69, 9.17) is 9.47 Å². The Kier molecular flexibility index (Phi) is 5.85. The first-order valence-corrected chi connectivity index (χ1v) is 10.0. The minimum Gasteiger partial charge on any atom is -0.508 e. The summed E-state index contributed by atoms with van der Waals surface area (Å²) in [4.78, 5) is 8.57.